The van der Waals surface area contributed by atoms with Crippen LogP contribution in [0.4, 0.5) is 5.82 Å². The summed E-state index contributed by atoms with van der Waals surface area (Å²) in [6, 6.07) is 3.34. The van der Waals surface area contributed by atoms with Crippen molar-refractivity contribution in [2.45, 2.75) is 18.1 Å². The highest BCUT2D eigenvalue weighted by Crippen LogP contribution is 2.31. The van der Waals surface area contributed by atoms with Crippen LogP contribution >= 0.6 is 11.6 Å². The molecule has 0 aromatic carbocycles. The van der Waals surface area contributed by atoms with E-state index in [-0.39, 0.29) is 19.1 Å². The van der Waals surface area contributed by atoms with Gasteiger partial charge in [-0.15, -0.1) is 0 Å². The number of nitrogens with one attached hydrogen (secondary N) is 3. The van der Waals surface area contributed by atoms with Gasteiger partial charge in [0.1, 0.15) is 19.4 Å². The first kappa shape index (κ1) is 19.5. The van der Waals surface area contributed by atoms with E-state index in [1.165, 1.54) is 6.20 Å². The summed E-state index contributed by atoms with van der Waals surface area (Å²) in [5.41, 5.74) is -0.176. The number of aliphatic hydroxyl groups excluding tert-OH is 1. The van der Waals surface area contributed by atoms with E-state index in [2.05, 4.69) is 20.6 Å². The number of rotatable bonds is 7. The summed E-state index contributed by atoms with van der Waals surface area (Å²) in [6.07, 6.45) is 3.12. The van der Waals surface area contributed by atoms with Crippen molar-refractivity contribution in [3.05, 3.63) is 35.2 Å². The zero-order valence-corrected chi connectivity index (χ0v) is 14.5. The van der Waals surface area contributed by atoms with Gasteiger partial charge in [0.2, 0.25) is 0 Å². The average molecular weight is 352 g/mol. The molecule has 0 spiro atoms. The van der Waals surface area contributed by atoms with Gasteiger partial charge in [-0.3, -0.25) is 4.79 Å². The van der Waals surface area contributed by atoms with Crippen LogP contribution in [0.5, 0.6) is 0 Å². The van der Waals surface area contributed by atoms with Gasteiger partial charge in [0.15, 0.2) is 0 Å². The van der Waals surface area contributed by atoms with Crippen molar-refractivity contribution >= 4 is 46.9 Å². The van der Waals surface area contributed by atoms with Crippen molar-refractivity contribution in [3.63, 3.8) is 0 Å². The molecule has 6 nitrogen and oxygen atoms in total. The van der Waals surface area contributed by atoms with Crippen molar-refractivity contribution in [1.82, 2.24) is 15.3 Å². The minimum atomic E-state index is -1.06. The number of aromatic amines is 1. The van der Waals surface area contributed by atoms with Gasteiger partial charge in [-0.05, 0) is 17.6 Å². The monoisotopic (exact) mass is 352 g/mol. The van der Waals surface area contributed by atoms with Gasteiger partial charge in [-0.1, -0.05) is 24.2 Å². The molecule has 2 aromatic heterocycles. The number of H-pyrrole nitrogens is 1. The fraction of sp³-hybridized carbons (Fsp3) is 0.333. The molecule has 0 saturated heterocycles. The average Bonchev–Trinajstić information content (AvgIpc) is 3.04. The van der Waals surface area contributed by atoms with Gasteiger partial charge in [0.05, 0.1) is 27.3 Å². The molecule has 0 saturated carbocycles. The summed E-state index contributed by atoms with van der Waals surface area (Å²) in [5, 5.41) is 14.7. The molecule has 6 radical (unpaired) electrons. The van der Waals surface area contributed by atoms with Crippen molar-refractivity contribution < 1.29 is 9.90 Å². The fourth-order valence-corrected chi connectivity index (χ4v) is 2.25. The first-order valence-corrected chi connectivity index (χ1v) is 7.94. The molecule has 0 aliphatic carbocycles. The van der Waals surface area contributed by atoms with Gasteiger partial charge < -0.3 is 20.7 Å². The smallest absolute Gasteiger partial charge is 0.267 e. The van der Waals surface area contributed by atoms with Crippen LogP contribution in [0.15, 0.2) is 24.5 Å². The highest BCUT2D eigenvalue weighted by atomic mass is 35.5. The van der Waals surface area contributed by atoms with E-state index >= 15 is 0 Å². The van der Waals surface area contributed by atoms with Crippen LogP contribution in [0.1, 0.15) is 17.4 Å². The first-order chi connectivity index (χ1) is 11.7. The van der Waals surface area contributed by atoms with Crippen LogP contribution in [-0.4, -0.2) is 63.1 Å². The fourth-order valence-electron chi connectivity index (χ4n) is 2.03. The molecule has 0 aliphatic heterocycles. The van der Waals surface area contributed by atoms with Crippen molar-refractivity contribution in [2.24, 2.45) is 0 Å². The molecular formula is C15H16B3ClN4O2. The molecule has 124 valence electrons. The second-order valence-electron chi connectivity index (χ2n) is 5.76. The lowest BCUT2D eigenvalue weighted by Gasteiger charge is -2.32. The first-order valence-electron chi connectivity index (χ1n) is 7.56. The number of carbonyl (C=O) groups is 1. The minimum Gasteiger partial charge on any atom is -0.395 e. The number of carbonyl (C=O) groups excluding carboxylic acids is 1. The number of hydrogen-bond acceptors (Lipinski definition) is 4. The Kier molecular flexibility index (Phi) is 6.24. The molecule has 25 heavy (non-hydrogen) atoms. The van der Waals surface area contributed by atoms with E-state index in [1.54, 1.807) is 25.3 Å². The molecule has 0 aliphatic rings. The maximum atomic E-state index is 11.9. The largest absolute Gasteiger partial charge is 0.395 e. The van der Waals surface area contributed by atoms with E-state index in [1.807, 2.05) is 0 Å². The van der Waals surface area contributed by atoms with Crippen LogP contribution in [0, 0.1) is 0 Å². The maximum Gasteiger partial charge on any atom is 0.267 e. The van der Waals surface area contributed by atoms with Crippen LogP contribution < -0.4 is 10.6 Å². The topological polar surface area (TPSA) is 90.0 Å². The summed E-state index contributed by atoms with van der Waals surface area (Å²) in [4.78, 5) is 18.9. The van der Waals surface area contributed by atoms with Crippen LogP contribution in [0.25, 0.3) is 11.1 Å². The Morgan fingerprint density at radius 2 is 2.20 bits per heavy atom. The van der Waals surface area contributed by atoms with E-state index in [9.17, 15) is 4.79 Å². The van der Waals surface area contributed by atoms with Gasteiger partial charge in [-0.2, -0.15) is 0 Å². The van der Waals surface area contributed by atoms with E-state index in [0.29, 0.717) is 27.7 Å². The third-order valence-corrected chi connectivity index (χ3v) is 3.88. The maximum absolute atomic E-state index is 11.9. The number of hydrogen-bond donors (Lipinski definition) is 4. The molecule has 0 fully saturated rings. The Bertz CT molecular complexity index is 752. The number of anilines is 1. The molecule has 2 heterocycles. The van der Waals surface area contributed by atoms with Crippen molar-refractivity contribution in [2.75, 3.05) is 18.5 Å². The zero-order chi connectivity index (χ0) is 18.6. The summed E-state index contributed by atoms with van der Waals surface area (Å²) < 4.78 is 0. The third kappa shape index (κ3) is 4.83. The number of nitrogens with zero attached hydrogens (tertiary/aromatic N) is 1. The second kappa shape index (κ2) is 8.02. The normalized spacial score (nSPS) is 13.4. The Morgan fingerprint density at radius 3 is 2.84 bits per heavy atom. The molecule has 10 heteroatoms. The molecule has 0 bridgehead atoms. The quantitative estimate of drug-likeness (QED) is 0.556. The predicted octanol–water partition coefficient (Wildman–Crippen LogP) is 0.832. The summed E-state index contributed by atoms with van der Waals surface area (Å²) in [7, 11) is 17.3. The highest BCUT2D eigenvalue weighted by molar-refractivity contribution is 6.41. The molecule has 1 atom stereocenters. The van der Waals surface area contributed by atoms with E-state index in [0.717, 1.165) is 0 Å². The lowest BCUT2D eigenvalue weighted by Crippen LogP contribution is -2.40. The number of halogens is 1. The summed E-state index contributed by atoms with van der Waals surface area (Å²) in [6.45, 7) is 1.69. The number of aliphatic hydroxyl groups is 1. The molecule has 4 N–H and O–H groups in total. The number of amides is 1. The van der Waals surface area contributed by atoms with Crippen LogP contribution in [0.2, 0.25) is 10.7 Å². The van der Waals surface area contributed by atoms with Crippen molar-refractivity contribution in [1.29, 1.82) is 0 Å². The Labute approximate surface area is 155 Å². The zero-order valence-electron chi connectivity index (χ0n) is 13.7. The van der Waals surface area contributed by atoms with Gasteiger partial charge in [0.25, 0.3) is 5.91 Å². The minimum absolute atomic E-state index is 0.133. The molecule has 2 aromatic rings. The molecule has 1 amide bonds. The SMILES string of the molecule is [B]C([B])C([B])(C)Nc1cc(-c2c[nH]c(C(=O)NCCO)c2)c(Cl)cn1. The standard InChI is InChI=1S/C15H16B3ClN4O2/c1-15(18,14(16)17)23-12-5-9(10(19)7-22-12)8-4-11(21-6-8)13(25)20-2-3-24/h4-7,14,21,24H,2-3H2,1H3,(H,20,25)(H,22,23). The molecule has 2 rings (SSSR count). The Hall–Kier alpha value is -1.86. The number of pyridine rings is 1. The lowest BCUT2D eigenvalue weighted by atomic mass is 9.52. The van der Waals surface area contributed by atoms with Crippen LogP contribution in [0.3, 0.4) is 0 Å². The Balaban J connectivity index is 2.26. The van der Waals surface area contributed by atoms with Gasteiger partial charge in [0, 0.05) is 30.1 Å². The van der Waals surface area contributed by atoms with Gasteiger partial charge in [-0.25, -0.2) is 4.98 Å². The van der Waals surface area contributed by atoms with Crippen molar-refractivity contribution in [3.8, 4) is 11.1 Å². The van der Waals surface area contributed by atoms with E-state index < -0.39 is 11.2 Å². The Morgan fingerprint density at radius 1 is 1.48 bits per heavy atom. The highest BCUT2D eigenvalue weighted by Gasteiger charge is 2.21. The predicted molar refractivity (Wildman–Crippen MR) is 101 cm³/mol. The number of aromatic nitrogens is 2. The van der Waals surface area contributed by atoms with E-state index in [4.69, 9.17) is 40.2 Å². The third-order valence-electron chi connectivity index (χ3n) is 3.58. The lowest BCUT2D eigenvalue weighted by molar-refractivity contribution is 0.0940. The summed E-state index contributed by atoms with van der Waals surface area (Å²) >= 11 is 6.22. The summed E-state index contributed by atoms with van der Waals surface area (Å²) in [5.74, 6) is 0.116. The second-order valence-corrected chi connectivity index (χ2v) is 6.17. The van der Waals surface area contributed by atoms with Crippen LogP contribution in [-0.2, 0) is 0 Å². The van der Waals surface area contributed by atoms with Gasteiger partial charge >= 0.3 is 0 Å². The molecular weight excluding hydrogens is 336 g/mol. The molecule has 1 unspecified atom stereocenters.